The highest BCUT2D eigenvalue weighted by molar-refractivity contribution is 9.10. The summed E-state index contributed by atoms with van der Waals surface area (Å²) < 4.78 is 8.80. The first-order valence-corrected chi connectivity index (χ1v) is 15.7. The maximum atomic E-state index is 13.2. The normalized spacial score (nSPS) is 14.7. The molecule has 3 heterocycles. The summed E-state index contributed by atoms with van der Waals surface area (Å²) in [6.45, 7) is 8.91. The third-order valence-electron chi connectivity index (χ3n) is 8.18. The molecule has 0 radical (unpaired) electrons. The highest BCUT2D eigenvalue weighted by Gasteiger charge is 2.45. The Kier molecular flexibility index (Phi) is 9.51. The molecule has 0 unspecified atom stereocenters. The van der Waals surface area contributed by atoms with Crippen LogP contribution in [0.15, 0.2) is 82.5 Å². The lowest BCUT2D eigenvalue weighted by Crippen LogP contribution is -2.47. The van der Waals surface area contributed by atoms with Gasteiger partial charge in [-0.05, 0) is 80.6 Å². The summed E-state index contributed by atoms with van der Waals surface area (Å²) in [5, 5.41) is 1.62. The predicted molar refractivity (Wildman–Crippen MR) is 177 cm³/mol. The maximum absolute atomic E-state index is 13.2. The van der Waals surface area contributed by atoms with Crippen molar-refractivity contribution in [3.63, 3.8) is 0 Å². The van der Waals surface area contributed by atoms with E-state index in [0.29, 0.717) is 48.8 Å². The first kappa shape index (κ1) is 31.4. The van der Waals surface area contributed by atoms with Gasteiger partial charge in [0.2, 0.25) is 11.8 Å². The minimum Gasteiger partial charge on any atom is -0.493 e. The van der Waals surface area contributed by atoms with Crippen LogP contribution in [-0.2, 0) is 22.7 Å². The second-order valence-electron chi connectivity index (χ2n) is 11.6. The van der Waals surface area contributed by atoms with E-state index in [-0.39, 0.29) is 17.4 Å². The van der Waals surface area contributed by atoms with Gasteiger partial charge in [-0.25, -0.2) is 0 Å². The van der Waals surface area contributed by atoms with Crippen molar-refractivity contribution < 1.29 is 14.3 Å². The van der Waals surface area contributed by atoms with E-state index in [1.165, 1.54) is 0 Å². The number of carbonyl (C=O) groups excluding carboxylic acids is 2. The van der Waals surface area contributed by atoms with Gasteiger partial charge in [0, 0.05) is 74.3 Å². The van der Waals surface area contributed by atoms with Crippen molar-refractivity contribution in [2.75, 3.05) is 43.1 Å². The number of ether oxygens (including phenoxy) is 1. The van der Waals surface area contributed by atoms with Crippen LogP contribution in [0.5, 0.6) is 5.75 Å². The molecule has 0 aliphatic carbocycles. The average molecular weight is 661 g/mol. The van der Waals surface area contributed by atoms with Crippen molar-refractivity contribution in [1.82, 2.24) is 14.5 Å². The predicted octanol–water partition coefficient (Wildman–Crippen LogP) is 5.49. The third-order valence-corrected chi connectivity index (χ3v) is 8.67. The number of nitrogens with zero attached hydrogens (tertiary/aromatic N) is 5. The van der Waals surface area contributed by atoms with Crippen LogP contribution in [0.2, 0.25) is 0 Å². The van der Waals surface area contributed by atoms with Gasteiger partial charge < -0.3 is 19.1 Å². The summed E-state index contributed by atoms with van der Waals surface area (Å²) in [6.07, 6.45) is 6.19. The van der Waals surface area contributed by atoms with E-state index in [1.54, 1.807) is 47.7 Å². The summed E-state index contributed by atoms with van der Waals surface area (Å²) in [4.78, 5) is 49.2. The molecule has 2 amide bonds. The number of carbonyl (C=O) groups is 2. The topological polar surface area (TPSA) is 88.0 Å². The largest absolute Gasteiger partial charge is 0.493 e. The quantitative estimate of drug-likeness (QED) is 0.156. The Hall–Kier alpha value is -4.02. The fraction of sp³-hybridized carbons (Fsp3) is 0.353. The second-order valence-corrected chi connectivity index (χ2v) is 12.5. The van der Waals surface area contributed by atoms with Crippen LogP contribution in [-0.4, -0.2) is 59.6 Å². The molecule has 1 aliphatic heterocycles. The number of pyridine rings is 2. The van der Waals surface area contributed by atoms with Crippen molar-refractivity contribution >= 4 is 49.9 Å². The Bertz CT molecular complexity index is 1720. The lowest BCUT2D eigenvalue weighted by Gasteiger charge is -2.27. The van der Waals surface area contributed by atoms with Crippen LogP contribution in [0.1, 0.15) is 32.8 Å². The Morgan fingerprint density at radius 1 is 0.932 bits per heavy atom. The molecule has 9 nitrogen and oxygen atoms in total. The monoisotopic (exact) mass is 659 g/mol. The molecule has 44 heavy (non-hydrogen) atoms. The van der Waals surface area contributed by atoms with E-state index in [0.717, 1.165) is 34.9 Å². The molecular weight excluding hydrogens is 622 g/mol. The van der Waals surface area contributed by atoms with Gasteiger partial charge >= 0.3 is 0 Å². The molecule has 1 aliphatic rings. The summed E-state index contributed by atoms with van der Waals surface area (Å²) in [7, 11) is 1.70. The van der Waals surface area contributed by atoms with Gasteiger partial charge in [0.25, 0.3) is 5.56 Å². The smallest absolute Gasteiger partial charge is 0.258 e. The number of amides is 2. The van der Waals surface area contributed by atoms with Gasteiger partial charge in [0.1, 0.15) is 11.2 Å². The molecule has 0 N–H and O–H groups in total. The summed E-state index contributed by atoms with van der Waals surface area (Å²) in [6, 6.07) is 17.3. The molecule has 5 rings (SSSR count). The molecule has 4 aromatic rings. The number of anilines is 2. The number of halogens is 1. The van der Waals surface area contributed by atoms with Gasteiger partial charge in [-0.1, -0.05) is 22.0 Å². The molecule has 2 aromatic heterocycles. The van der Waals surface area contributed by atoms with Gasteiger partial charge in [-0.2, -0.15) is 0 Å². The van der Waals surface area contributed by atoms with E-state index >= 15 is 0 Å². The molecule has 0 saturated carbocycles. The molecular formula is C34H38BrN5O4. The molecule has 0 saturated heterocycles. The van der Waals surface area contributed by atoms with E-state index in [9.17, 15) is 14.4 Å². The van der Waals surface area contributed by atoms with Crippen molar-refractivity contribution in [2.24, 2.45) is 5.41 Å². The van der Waals surface area contributed by atoms with Crippen LogP contribution < -0.4 is 20.1 Å². The lowest BCUT2D eigenvalue weighted by molar-refractivity contribution is -0.137. The minimum absolute atomic E-state index is 0.00520. The van der Waals surface area contributed by atoms with Crippen LogP contribution in [0, 0.1) is 5.41 Å². The number of hydrogen-bond donors (Lipinski definition) is 0. The van der Waals surface area contributed by atoms with Gasteiger partial charge in [-0.3, -0.25) is 24.3 Å². The van der Waals surface area contributed by atoms with Crippen molar-refractivity contribution in [1.29, 1.82) is 0 Å². The summed E-state index contributed by atoms with van der Waals surface area (Å²) in [5.41, 5.74) is 1.34. The van der Waals surface area contributed by atoms with E-state index in [2.05, 4.69) is 25.8 Å². The molecule has 2 aromatic carbocycles. The minimum atomic E-state index is -1.15. The van der Waals surface area contributed by atoms with E-state index < -0.39 is 5.41 Å². The fourth-order valence-electron chi connectivity index (χ4n) is 5.64. The Morgan fingerprint density at radius 3 is 2.45 bits per heavy atom. The molecule has 0 fully saturated rings. The highest BCUT2D eigenvalue weighted by atomic mass is 79.9. The number of rotatable bonds is 11. The van der Waals surface area contributed by atoms with Crippen LogP contribution in [0.3, 0.4) is 0 Å². The second kappa shape index (κ2) is 13.3. The first-order valence-electron chi connectivity index (χ1n) is 14.9. The Balaban J connectivity index is 1.26. The Morgan fingerprint density at radius 2 is 1.70 bits per heavy atom. The molecule has 0 spiro atoms. The van der Waals surface area contributed by atoms with Crippen molar-refractivity contribution in [2.45, 2.75) is 40.3 Å². The van der Waals surface area contributed by atoms with Crippen LogP contribution in [0.25, 0.3) is 10.8 Å². The molecule has 0 atom stereocenters. The third kappa shape index (κ3) is 6.56. The zero-order valence-corrected chi connectivity index (χ0v) is 27.2. The van der Waals surface area contributed by atoms with Gasteiger partial charge in [0.15, 0.2) is 0 Å². The molecule has 230 valence electrons. The first-order chi connectivity index (χ1) is 21.1. The highest BCUT2D eigenvalue weighted by Crippen LogP contribution is 2.40. The van der Waals surface area contributed by atoms with Crippen molar-refractivity contribution in [3.05, 3.63) is 93.6 Å². The number of hydrogen-bond acceptors (Lipinski definition) is 6. The number of aromatic nitrogens is 2. The van der Waals surface area contributed by atoms with Gasteiger partial charge in [-0.15, -0.1) is 0 Å². The average Bonchev–Trinajstić information content (AvgIpc) is 3.07. The van der Waals surface area contributed by atoms with Crippen molar-refractivity contribution in [3.8, 4) is 5.75 Å². The molecule has 10 heteroatoms. The SMILES string of the molecule is CCN1C(=O)C(C)(C)C(=O)N(C)c2cc(OCCCN(CCn3ccc4ccc(Br)cc4c3=O)Cc3ccncc3)ccc21. The number of benzene rings is 2. The molecule has 0 bridgehead atoms. The van der Waals surface area contributed by atoms with E-state index in [1.807, 2.05) is 67.7 Å². The van der Waals surface area contributed by atoms with Gasteiger partial charge in [0.05, 0.1) is 18.0 Å². The Labute approximate surface area is 266 Å². The van der Waals surface area contributed by atoms with Crippen LogP contribution in [0.4, 0.5) is 11.4 Å². The maximum Gasteiger partial charge on any atom is 0.258 e. The lowest BCUT2D eigenvalue weighted by atomic mass is 9.90. The zero-order chi connectivity index (χ0) is 31.4. The number of fused-ring (bicyclic) bond motifs is 2. The standard InChI is InChI=1S/C34H38BrN5O4/c1-5-40-29-10-9-27(22-30(29)37(4)32(42)34(2,3)33(40)43)44-20-6-16-38(23-24-11-14-36-15-12-24)18-19-39-17-13-25-7-8-26(35)21-28(25)31(39)41/h7-15,17,21-22H,5-6,16,18-20,23H2,1-4H3. The zero-order valence-electron chi connectivity index (χ0n) is 25.6. The summed E-state index contributed by atoms with van der Waals surface area (Å²) >= 11 is 3.48. The fourth-order valence-corrected chi connectivity index (χ4v) is 6.00. The summed E-state index contributed by atoms with van der Waals surface area (Å²) in [5.74, 6) is 0.181. The van der Waals surface area contributed by atoms with E-state index in [4.69, 9.17) is 4.74 Å². The van der Waals surface area contributed by atoms with Crippen LogP contribution >= 0.6 is 15.9 Å².